The molecule has 0 unspecified atom stereocenters. The predicted octanol–water partition coefficient (Wildman–Crippen LogP) is 4.15. The number of aryl methyl sites for hydroxylation is 2. The zero-order valence-electron chi connectivity index (χ0n) is 17.1. The molecule has 1 amide bonds. The fraction of sp³-hybridized carbons (Fsp3) is 0.174. The van der Waals surface area contributed by atoms with Crippen molar-refractivity contribution in [1.82, 2.24) is 0 Å². The highest BCUT2D eigenvalue weighted by molar-refractivity contribution is 7.92. The number of anilines is 2. The van der Waals surface area contributed by atoms with Crippen LogP contribution in [0.25, 0.3) is 0 Å². The molecule has 3 aromatic rings. The monoisotopic (exact) mass is 424 g/mol. The number of nitrogens with zero attached hydrogens (tertiary/aromatic N) is 1. The van der Waals surface area contributed by atoms with Gasteiger partial charge in [0.1, 0.15) is 5.75 Å². The average molecular weight is 425 g/mol. The van der Waals surface area contributed by atoms with Gasteiger partial charge >= 0.3 is 0 Å². The third-order valence-corrected chi connectivity index (χ3v) is 6.24. The smallest absolute Gasteiger partial charge is 0.264 e. The van der Waals surface area contributed by atoms with E-state index in [1.807, 2.05) is 38.1 Å². The van der Waals surface area contributed by atoms with Gasteiger partial charge in [0.25, 0.3) is 15.9 Å². The van der Waals surface area contributed by atoms with Gasteiger partial charge < -0.3 is 10.1 Å². The number of rotatable bonds is 7. The molecular formula is C23H24N2O4S. The van der Waals surface area contributed by atoms with E-state index in [1.54, 1.807) is 36.4 Å². The van der Waals surface area contributed by atoms with Crippen molar-refractivity contribution in [1.29, 1.82) is 0 Å². The summed E-state index contributed by atoms with van der Waals surface area (Å²) in [7, 11) is -2.27. The number of carbonyl (C=O) groups excluding carboxylic acids is 1. The van der Waals surface area contributed by atoms with Crippen LogP contribution in [-0.2, 0) is 14.8 Å². The van der Waals surface area contributed by atoms with Gasteiger partial charge in [-0.3, -0.25) is 9.10 Å². The van der Waals surface area contributed by atoms with Crippen molar-refractivity contribution < 1.29 is 17.9 Å². The Bertz CT molecular complexity index is 1120. The molecule has 0 saturated heterocycles. The van der Waals surface area contributed by atoms with E-state index in [2.05, 4.69) is 5.32 Å². The summed E-state index contributed by atoms with van der Waals surface area (Å²) in [6.07, 6.45) is 0. The van der Waals surface area contributed by atoms with Gasteiger partial charge in [0, 0.05) is 12.7 Å². The van der Waals surface area contributed by atoms with Crippen LogP contribution >= 0.6 is 0 Å². The van der Waals surface area contributed by atoms with Gasteiger partial charge in [0.15, 0.2) is 6.61 Å². The van der Waals surface area contributed by atoms with E-state index in [0.29, 0.717) is 17.1 Å². The maximum Gasteiger partial charge on any atom is 0.264 e. The Balaban J connectivity index is 1.69. The summed E-state index contributed by atoms with van der Waals surface area (Å²) >= 11 is 0. The second-order valence-corrected chi connectivity index (χ2v) is 8.97. The Morgan fingerprint density at radius 1 is 0.933 bits per heavy atom. The molecule has 0 aliphatic carbocycles. The Morgan fingerprint density at radius 3 is 2.27 bits per heavy atom. The topological polar surface area (TPSA) is 75.7 Å². The van der Waals surface area contributed by atoms with Gasteiger partial charge in [-0.15, -0.1) is 0 Å². The molecule has 0 saturated carbocycles. The second kappa shape index (κ2) is 9.00. The van der Waals surface area contributed by atoms with Gasteiger partial charge in [-0.25, -0.2) is 8.42 Å². The lowest BCUT2D eigenvalue weighted by Gasteiger charge is -2.20. The number of sulfonamides is 1. The molecule has 0 bridgehead atoms. The van der Waals surface area contributed by atoms with E-state index in [-0.39, 0.29) is 17.4 Å². The predicted molar refractivity (Wildman–Crippen MR) is 119 cm³/mol. The fourth-order valence-electron chi connectivity index (χ4n) is 3.03. The summed E-state index contributed by atoms with van der Waals surface area (Å²) in [5.74, 6) is 0.239. The van der Waals surface area contributed by atoms with Gasteiger partial charge in [0.05, 0.1) is 10.6 Å². The molecule has 1 N–H and O–H groups in total. The zero-order chi connectivity index (χ0) is 21.7. The lowest BCUT2D eigenvalue weighted by Crippen LogP contribution is -2.26. The molecule has 0 atom stereocenters. The number of para-hydroxylation sites is 1. The largest absolute Gasteiger partial charge is 0.484 e. The highest BCUT2D eigenvalue weighted by Crippen LogP contribution is 2.23. The van der Waals surface area contributed by atoms with E-state index in [1.165, 1.54) is 23.5 Å². The van der Waals surface area contributed by atoms with Crippen LogP contribution in [0, 0.1) is 13.8 Å². The van der Waals surface area contributed by atoms with Crippen LogP contribution in [0.3, 0.4) is 0 Å². The highest BCUT2D eigenvalue weighted by atomic mass is 32.2. The number of carbonyl (C=O) groups is 1. The molecule has 30 heavy (non-hydrogen) atoms. The van der Waals surface area contributed by atoms with Crippen molar-refractivity contribution in [2.45, 2.75) is 18.7 Å². The molecule has 0 spiro atoms. The highest BCUT2D eigenvalue weighted by Gasteiger charge is 2.21. The molecule has 0 heterocycles. The van der Waals surface area contributed by atoms with Crippen molar-refractivity contribution in [2.24, 2.45) is 0 Å². The third-order valence-electron chi connectivity index (χ3n) is 4.46. The molecule has 0 aliphatic heterocycles. The Morgan fingerprint density at radius 2 is 1.60 bits per heavy atom. The maximum absolute atomic E-state index is 12.9. The molecule has 156 valence electrons. The zero-order valence-corrected chi connectivity index (χ0v) is 17.9. The van der Waals surface area contributed by atoms with Crippen LogP contribution in [0.2, 0.25) is 0 Å². The normalized spacial score (nSPS) is 11.0. The van der Waals surface area contributed by atoms with Crippen LogP contribution < -0.4 is 14.4 Å². The minimum absolute atomic E-state index is 0.0851. The molecular weight excluding hydrogens is 400 g/mol. The quantitative estimate of drug-likeness (QED) is 0.618. The lowest BCUT2D eigenvalue weighted by atomic mass is 10.1. The van der Waals surface area contributed by atoms with Crippen molar-refractivity contribution >= 4 is 27.3 Å². The Hall–Kier alpha value is -3.32. The number of hydrogen-bond donors (Lipinski definition) is 1. The first-order chi connectivity index (χ1) is 14.3. The summed E-state index contributed by atoms with van der Waals surface area (Å²) in [5.41, 5.74) is 3.03. The second-order valence-electron chi connectivity index (χ2n) is 7.00. The van der Waals surface area contributed by atoms with Crippen LogP contribution in [0.1, 0.15) is 11.1 Å². The molecule has 3 aromatic carbocycles. The van der Waals surface area contributed by atoms with Gasteiger partial charge in [-0.05, 0) is 67.4 Å². The SMILES string of the molecule is Cc1cc(C)cc(OCC(=O)Nc2cccc(S(=O)(=O)N(C)c3ccccc3)c2)c1. The summed E-state index contributed by atoms with van der Waals surface area (Å²) in [6.45, 7) is 3.74. The third kappa shape index (κ3) is 5.18. The summed E-state index contributed by atoms with van der Waals surface area (Å²) in [6, 6.07) is 20.7. The van der Waals surface area contributed by atoms with Gasteiger partial charge in [0.2, 0.25) is 0 Å². The molecule has 7 heteroatoms. The average Bonchev–Trinajstić information content (AvgIpc) is 2.72. The van der Waals surface area contributed by atoms with E-state index in [9.17, 15) is 13.2 Å². The van der Waals surface area contributed by atoms with Crippen LogP contribution in [0.5, 0.6) is 5.75 Å². The number of benzene rings is 3. The van der Waals surface area contributed by atoms with Crippen LogP contribution in [0.15, 0.2) is 77.7 Å². The first-order valence-electron chi connectivity index (χ1n) is 9.41. The number of nitrogens with one attached hydrogen (secondary N) is 1. The summed E-state index contributed by atoms with van der Waals surface area (Å²) < 4.78 is 32.6. The molecule has 0 aliphatic rings. The van der Waals surface area contributed by atoms with E-state index >= 15 is 0 Å². The minimum atomic E-state index is -3.76. The first-order valence-corrected chi connectivity index (χ1v) is 10.8. The van der Waals surface area contributed by atoms with Crippen molar-refractivity contribution in [3.63, 3.8) is 0 Å². The van der Waals surface area contributed by atoms with Crippen molar-refractivity contribution in [2.75, 3.05) is 23.3 Å². The fourth-order valence-corrected chi connectivity index (χ4v) is 4.27. The Labute approximate surface area is 177 Å². The first kappa shape index (κ1) is 21.4. The molecule has 0 fully saturated rings. The van der Waals surface area contributed by atoms with Crippen molar-refractivity contribution in [3.05, 3.63) is 83.9 Å². The van der Waals surface area contributed by atoms with Gasteiger partial charge in [-0.1, -0.05) is 30.3 Å². The van der Waals surface area contributed by atoms with Crippen LogP contribution in [0.4, 0.5) is 11.4 Å². The molecule has 0 radical (unpaired) electrons. The number of hydrogen-bond acceptors (Lipinski definition) is 4. The minimum Gasteiger partial charge on any atom is -0.484 e. The van der Waals surface area contributed by atoms with Gasteiger partial charge in [-0.2, -0.15) is 0 Å². The lowest BCUT2D eigenvalue weighted by molar-refractivity contribution is -0.118. The van der Waals surface area contributed by atoms with Crippen molar-refractivity contribution in [3.8, 4) is 5.75 Å². The van der Waals surface area contributed by atoms with E-state index in [4.69, 9.17) is 4.74 Å². The summed E-state index contributed by atoms with van der Waals surface area (Å²) in [5, 5.41) is 2.69. The maximum atomic E-state index is 12.9. The molecule has 6 nitrogen and oxygen atoms in total. The standard InChI is InChI=1S/C23H24N2O4S/c1-17-12-18(2)14-21(13-17)29-16-23(26)24-19-8-7-11-22(15-19)30(27,28)25(3)20-9-5-4-6-10-20/h4-15H,16H2,1-3H3,(H,24,26). The molecule has 3 rings (SSSR count). The Kier molecular flexibility index (Phi) is 6.42. The van der Waals surface area contributed by atoms with E-state index < -0.39 is 10.0 Å². The van der Waals surface area contributed by atoms with Crippen LogP contribution in [-0.4, -0.2) is 28.0 Å². The molecule has 0 aromatic heterocycles. The number of amides is 1. The summed E-state index contributed by atoms with van der Waals surface area (Å²) in [4.78, 5) is 12.4. The number of ether oxygens (including phenoxy) is 1. The van der Waals surface area contributed by atoms with E-state index in [0.717, 1.165) is 11.1 Å².